The van der Waals surface area contributed by atoms with Gasteiger partial charge in [-0.2, -0.15) is 0 Å². The van der Waals surface area contributed by atoms with Gasteiger partial charge in [0.1, 0.15) is 5.76 Å². The summed E-state index contributed by atoms with van der Waals surface area (Å²) in [4.78, 5) is 26.1. The van der Waals surface area contributed by atoms with Gasteiger partial charge in [-0.3, -0.25) is 9.59 Å². The van der Waals surface area contributed by atoms with Crippen molar-refractivity contribution in [2.45, 2.75) is 32.7 Å². The average molecular weight is 326 g/mol. The van der Waals surface area contributed by atoms with Crippen molar-refractivity contribution in [3.05, 3.63) is 59.0 Å². The molecule has 5 heteroatoms. The van der Waals surface area contributed by atoms with Gasteiger partial charge in [0, 0.05) is 25.9 Å². The summed E-state index contributed by atoms with van der Waals surface area (Å²) in [7, 11) is 0. The number of nitrogens with one attached hydrogen (secondary N) is 1. The van der Waals surface area contributed by atoms with E-state index in [2.05, 4.69) is 29.6 Å². The third-order valence-electron chi connectivity index (χ3n) is 4.59. The largest absolute Gasteiger partial charge is 0.469 e. The second-order valence-electron chi connectivity index (χ2n) is 6.42. The van der Waals surface area contributed by atoms with Gasteiger partial charge in [-0.1, -0.05) is 29.8 Å². The van der Waals surface area contributed by atoms with E-state index in [1.54, 1.807) is 17.9 Å². The summed E-state index contributed by atoms with van der Waals surface area (Å²) in [6.45, 7) is 6.42. The second kappa shape index (κ2) is 6.51. The molecular formula is C19H22N2O3. The van der Waals surface area contributed by atoms with Crippen LogP contribution in [-0.2, 0) is 4.79 Å². The second-order valence-corrected chi connectivity index (χ2v) is 6.42. The Kier molecular flexibility index (Phi) is 4.42. The molecule has 2 atom stereocenters. The Labute approximate surface area is 141 Å². The molecule has 1 aliphatic rings. The van der Waals surface area contributed by atoms with Gasteiger partial charge in [-0.15, -0.1) is 0 Å². The molecule has 3 rings (SSSR count). The Bertz CT molecular complexity index is 748. The predicted molar refractivity (Wildman–Crippen MR) is 90.9 cm³/mol. The zero-order valence-corrected chi connectivity index (χ0v) is 14.2. The molecule has 0 unspecified atom stereocenters. The molecule has 1 aromatic carbocycles. The molecule has 1 aromatic heterocycles. The van der Waals surface area contributed by atoms with Crippen molar-refractivity contribution in [1.82, 2.24) is 10.2 Å². The standard InChI is InChI=1S/C19H22N2O3/c1-12-4-6-15(7-5-12)17-10-21(11-18(17)20-14(3)22)19(23)16-8-9-24-13(16)2/h4-9,17-18H,10-11H2,1-3H3,(H,20,22)/t17-,18+/m1/s1. The molecule has 24 heavy (non-hydrogen) atoms. The van der Waals surface area contributed by atoms with Gasteiger partial charge in [0.2, 0.25) is 5.91 Å². The zero-order valence-electron chi connectivity index (χ0n) is 14.2. The molecule has 5 nitrogen and oxygen atoms in total. The fourth-order valence-corrected chi connectivity index (χ4v) is 3.31. The number of amides is 2. The van der Waals surface area contributed by atoms with E-state index >= 15 is 0 Å². The lowest BCUT2D eigenvalue weighted by Crippen LogP contribution is -2.39. The first-order valence-corrected chi connectivity index (χ1v) is 8.12. The van der Waals surface area contributed by atoms with Crippen molar-refractivity contribution in [1.29, 1.82) is 0 Å². The highest BCUT2D eigenvalue weighted by Gasteiger charge is 2.37. The van der Waals surface area contributed by atoms with Crippen LogP contribution in [0.4, 0.5) is 0 Å². The van der Waals surface area contributed by atoms with Gasteiger partial charge < -0.3 is 14.6 Å². The summed E-state index contributed by atoms with van der Waals surface area (Å²) < 4.78 is 5.24. The normalized spacial score (nSPS) is 20.2. The zero-order chi connectivity index (χ0) is 17.3. The number of carbonyl (C=O) groups is 2. The topological polar surface area (TPSA) is 62.6 Å². The summed E-state index contributed by atoms with van der Waals surface area (Å²) >= 11 is 0. The molecule has 0 radical (unpaired) electrons. The molecule has 2 amide bonds. The monoisotopic (exact) mass is 326 g/mol. The van der Waals surface area contributed by atoms with Crippen LogP contribution in [0.5, 0.6) is 0 Å². The number of hydrogen-bond donors (Lipinski definition) is 1. The maximum Gasteiger partial charge on any atom is 0.257 e. The number of furan rings is 1. The van der Waals surface area contributed by atoms with E-state index in [1.165, 1.54) is 18.8 Å². The molecule has 0 aliphatic carbocycles. The highest BCUT2D eigenvalue weighted by Crippen LogP contribution is 2.29. The van der Waals surface area contributed by atoms with Crippen LogP contribution in [0.25, 0.3) is 0 Å². The molecule has 1 saturated heterocycles. The maximum atomic E-state index is 12.7. The Morgan fingerprint density at radius 2 is 1.83 bits per heavy atom. The van der Waals surface area contributed by atoms with Gasteiger partial charge in [-0.05, 0) is 25.5 Å². The fourth-order valence-electron chi connectivity index (χ4n) is 3.31. The van der Waals surface area contributed by atoms with Crippen molar-refractivity contribution >= 4 is 11.8 Å². The highest BCUT2D eigenvalue weighted by atomic mass is 16.3. The quantitative estimate of drug-likeness (QED) is 0.943. The van der Waals surface area contributed by atoms with Crippen LogP contribution >= 0.6 is 0 Å². The third kappa shape index (κ3) is 3.20. The van der Waals surface area contributed by atoms with Crippen LogP contribution in [0.1, 0.15) is 40.1 Å². The third-order valence-corrected chi connectivity index (χ3v) is 4.59. The van der Waals surface area contributed by atoms with Crippen molar-refractivity contribution in [3.63, 3.8) is 0 Å². The van der Waals surface area contributed by atoms with Crippen molar-refractivity contribution in [2.75, 3.05) is 13.1 Å². The van der Waals surface area contributed by atoms with Crippen molar-refractivity contribution < 1.29 is 14.0 Å². The lowest BCUT2D eigenvalue weighted by molar-refractivity contribution is -0.119. The lowest BCUT2D eigenvalue weighted by atomic mass is 9.93. The van der Waals surface area contributed by atoms with Gasteiger partial charge in [0.15, 0.2) is 0 Å². The van der Waals surface area contributed by atoms with Crippen LogP contribution in [0.2, 0.25) is 0 Å². The minimum atomic E-state index is -0.0821. The Hall–Kier alpha value is -2.56. The Morgan fingerprint density at radius 3 is 2.42 bits per heavy atom. The molecule has 2 heterocycles. The molecule has 1 N–H and O–H groups in total. The number of aryl methyl sites for hydroxylation is 2. The number of benzene rings is 1. The smallest absolute Gasteiger partial charge is 0.257 e. The molecule has 1 aliphatic heterocycles. The van der Waals surface area contributed by atoms with E-state index in [-0.39, 0.29) is 23.8 Å². The number of carbonyl (C=O) groups excluding carboxylic acids is 2. The minimum Gasteiger partial charge on any atom is -0.469 e. The molecule has 126 valence electrons. The molecule has 0 bridgehead atoms. The van der Waals surface area contributed by atoms with Crippen molar-refractivity contribution in [2.24, 2.45) is 0 Å². The van der Waals surface area contributed by atoms with Crippen LogP contribution in [0.15, 0.2) is 41.0 Å². The first-order valence-electron chi connectivity index (χ1n) is 8.12. The van der Waals surface area contributed by atoms with E-state index in [4.69, 9.17) is 4.42 Å². The predicted octanol–water partition coefficient (Wildman–Crippen LogP) is 2.64. The summed E-state index contributed by atoms with van der Waals surface area (Å²) in [5, 5.41) is 2.99. The average Bonchev–Trinajstić information content (AvgIpc) is 3.13. The molecule has 1 fully saturated rings. The number of nitrogens with zero attached hydrogens (tertiary/aromatic N) is 1. The maximum absolute atomic E-state index is 12.7. The summed E-state index contributed by atoms with van der Waals surface area (Å²) in [6, 6.07) is 9.89. The lowest BCUT2D eigenvalue weighted by Gasteiger charge is -2.19. The number of rotatable bonds is 3. The molecular weight excluding hydrogens is 304 g/mol. The first kappa shape index (κ1) is 16.3. The Balaban J connectivity index is 1.85. The molecule has 2 aromatic rings. The van der Waals surface area contributed by atoms with Gasteiger partial charge in [0.05, 0.1) is 17.9 Å². The van der Waals surface area contributed by atoms with E-state index in [9.17, 15) is 9.59 Å². The highest BCUT2D eigenvalue weighted by molar-refractivity contribution is 5.95. The minimum absolute atomic E-state index is 0.0498. The van der Waals surface area contributed by atoms with Gasteiger partial charge in [-0.25, -0.2) is 0 Å². The first-order chi connectivity index (χ1) is 11.5. The SMILES string of the molecule is CC(=O)N[C@H]1CN(C(=O)c2ccoc2C)C[C@@H]1c1ccc(C)cc1. The summed E-state index contributed by atoms with van der Waals surface area (Å²) in [5.74, 6) is 0.581. The van der Waals surface area contributed by atoms with E-state index in [0.29, 0.717) is 24.4 Å². The fraction of sp³-hybridized carbons (Fsp3) is 0.368. The number of likely N-dealkylation sites (tertiary alicyclic amines) is 1. The summed E-state index contributed by atoms with van der Waals surface area (Å²) in [5.41, 5.74) is 2.91. The van der Waals surface area contributed by atoms with Gasteiger partial charge in [0.25, 0.3) is 5.91 Å². The van der Waals surface area contributed by atoms with Crippen LogP contribution < -0.4 is 5.32 Å². The van der Waals surface area contributed by atoms with Gasteiger partial charge >= 0.3 is 0 Å². The summed E-state index contributed by atoms with van der Waals surface area (Å²) in [6.07, 6.45) is 1.53. The van der Waals surface area contributed by atoms with E-state index in [1.807, 2.05) is 6.92 Å². The van der Waals surface area contributed by atoms with E-state index < -0.39 is 0 Å². The molecule has 0 spiro atoms. The van der Waals surface area contributed by atoms with E-state index in [0.717, 1.165) is 5.56 Å². The number of hydrogen-bond acceptors (Lipinski definition) is 3. The van der Waals surface area contributed by atoms with Crippen LogP contribution in [0, 0.1) is 13.8 Å². The molecule has 0 saturated carbocycles. The van der Waals surface area contributed by atoms with Crippen LogP contribution in [-0.4, -0.2) is 35.8 Å². The van der Waals surface area contributed by atoms with Crippen LogP contribution in [0.3, 0.4) is 0 Å². The Morgan fingerprint density at radius 1 is 1.12 bits per heavy atom. The van der Waals surface area contributed by atoms with Crippen molar-refractivity contribution in [3.8, 4) is 0 Å².